The van der Waals surface area contributed by atoms with Crippen molar-refractivity contribution in [2.75, 3.05) is 0 Å². The molecule has 2 heterocycles. The van der Waals surface area contributed by atoms with E-state index in [4.69, 9.17) is 0 Å². The lowest BCUT2D eigenvalue weighted by molar-refractivity contribution is 0.894. The molecule has 0 spiro atoms. The fourth-order valence-electron chi connectivity index (χ4n) is 2.33. The minimum atomic E-state index is 1.01. The van der Waals surface area contributed by atoms with E-state index in [1.807, 2.05) is 17.8 Å². The first-order chi connectivity index (χ1) is 8.43. The van der Waals surface area contributed by atoms with Crippen LogP contribution >= 0.6 is 11.8 Å². The van der Waals surface area contributed by atoms with Gasteiger partial charge in [-0.25, -0.2) is 4.98 Å². The van der Waals surface area contributed by atoms with Crippen molar-refractivity contribution in [1.82, 2.24) is 9.55 Å². The standard InChI is InChI=1S/C14H10N2S/c1-3-7-12-10(5-1)9-17-14-15-11-6-2-4-8-13(11)16(12)14/h1-8H,9H2. The molecule has 0 saturated carbocycles. The third-order valence-corrected chi connectivity index (χ3v) is 4.11. The fourth-order valence-corrected chi connectivity index (χ4v) is 3.34. The number of rotatable bonds is 0. The monoisotopic (exact) mass is 238 g/mol. The molecule has 0 radical (unpaired) electrons. The highest BCUT2D eigenvalue weighted by Gasteiger charge is 2.19. The molecular weight excluding hydrogens is 228 g/mol. The van der Waals surface area contributed by atoms with Crippen LogP contribution in [-0.4, -0.2) is 9.55 Å². The van der Waals surface area contributed by atoms with Crippen LogP contribution in [0.4, 0.5) is 0 Å². The second-order valence-corrected chi connectivity index (χ2v) is 5.08. The van der Waals surface area contributed by atoms with E-state index in [2.05, 4.69) is 52.0 Å². The van der Waals surface area contributed by atoms with Crippen LogP contribution in [0.2, 0.25) is 0 Å². The summed E-state index contributed by atoms with van der Waals surface area (Å²) >= 11 is 1.81. The Kier molecular flexibility index (Phi) is 1.85. The van der Waals surface area contributed by atoms with Gasteiger partial charge in [-0.15, -0.1) is 0 Å². The first-order valence-corrected chi connectivity index (χ1v) is 6.60. The molecule has 1 aromatic heterocycles. The summed E-state index contributed by atoms with van der Waals surface area (Å²) in [5.74, 6) is 1.01. The largest absolute Gasteiger partial charge is 0.287 e. The van der Waals surface area contributed by atoms with Crippen LogP contribution in [0, 0.1) is 0 Å². The van der Waals surface area contributed by atoms with Gasteiger partial charge in [0.05, 0.1) is 16.7 Å². The van der Waals surface area contributed by atoms with Crippen molar-refractivity contribution in [2.45, 2.75) is 10.9 Å². The van der Waals surface area contributed by atoms with Crippen LogP contribution in [0.3, 0.4) is 0 Å². The van der Waals surface area contributed by atoms with Gasteiger partial charge in [-0.05, 0) is 23.8 Å². The van der Waals surface area contributed by atoms with Crippen LogP contribution in [-0.2, 0) is 5.75 Å². The Morgan fingerprint density at radius 1 is 1.00 bits per heavy atom. The van der Waals surface area contributed by atoms with Crippen LogP contribution in [0.1, 0.15) is 5.56 Å². The number of fused-ring (bicyclic) bond motifs is 5. The molecule has 3 heteroatoms. The maximum atomic E-state index is 4.68. The van der Waals surface area contributed by atoms with E-state index < -0.39 is 0 Å². The highest BCUT2D eigenvalue weighted by Crippen LogP contribution is 2.36. The number of hydrogen-bond donors (Lipinski definition) is 0. The van der Waals surface area contributed by atoms with Gasteiger partial charge in [0.1, 0.15) is 0 Å². The van der Waals surface area contributed by atoms with Gasteiger partial charge in [-0.3, -0.25) is 4.57 Å². The molecule has 0 unspecified atom stereocenters. The fraction of sp³-hybridized carbons (Fsp3) is 0.0714. The summed E-state index contributed by atoms with van der Waals surface area (Å²) in [5.41, 5.74) is 4.93. The summed E-state index contributed by atoms with van der Waals surface area (Å²) < 4.78 is 2.26. The molecule has 3 aromatic rings. The molecule has 2 nitrogen and oxygen atoms in total. The van der Waals surface area contributed by atoms with Gasteiger partial charge in [0.15, 0.2) is 5.16 Å². The Balaban J connectivity index is 2.14. The Hall–Kier alpha value is -1.74. The summed E-state index contributed by atoms with van der Waals surface area (Å²) in [6.07, 6.45) is 0. The summed E-state index contributed by atoms with van der Waals surface area (Å²) in [5, 5.41) is 1.10. The summed E-state index contributed by atoms with van der Waals surface area (Å²) in [4.78, 5) is 4.68. The number of aromatic nitrogens is 2. The molecule has 17 heavy (non-hydrogen) atoms. The zero-order valence-electron chi connectivity index (χ0n) is 9.13. The average molecular weight is 238 g/mol. The maximum Gasteiger partial charge on any atom is 0.174 e. The van der Waals surface area contributed by atoms with Gasteiger partial charge in [0, 0.05) is 5.75 Å². The lowest BCUT2D eigenvalue weighted by Crippen LogP contribution is -2.05. The summed E-state index contributed by atoms with van der Waals surface area (Å²) in [6, 6.07) is 16.9. The van der Waals surface area contributed by atoms with E-state index in [0.717, 1.165) is 16.4 Å². The summed E-state index contributed by atoms with van der Waals surface area (Å²) in [7, 11) is 0. The first kappa shape index (κ1) is 9.31. The molecule has 0 amide bonds. The number of benzene rings is 2. The van der Waals surface area contributed by atoms with Crippen LogP contribution in [0.25, 0.3) is 16.7 Å². The van der Waals surface area contributed by atoms with Crippen molar-refractivity contribution in [3.05, 3.63) is 54.1 Å². The second-order valence-electron chi connectivity index (χ2n) is 4.14. The molecule has 0 bridgehead atoms. The van der Waals surface area contributed by atoms with Crippen molar-refractivity contribution >= 4 is 22.8 Å². The van der Waals surface area contributed by atoms with Crippen molar-refractivity contribution in [1.29, 1.82) is 0 Å². The SMILES string of the molecule is c1ccc2c(c1)CSc1nc3ccccc3n1-2. The Bertz CT molecular complexity index is 715. The Labute approximate surface area is 103 Å². The quantitative estimate of drug-likeness (QED) is 0.595. The Morgan fingerprint density at radius 2 is 1.82 bits per heavy atom. The zero-order valence-corrected chi connectivity index (χ0v) is 9.95. The topological polar surface area (TPSA) is 17.8 Å². The third kappa shape index (κ3) is 1.26. The molecule has 0 saturated heterocycles. The van der Waals surface area contributed by atoms with Crippen LogP contribution in [0.15, 0.2) is 53.7 Å². The van der Waals surface area contributed by atoms with Gasteiger partial charge < -0.3 is 0 Å². The molecule has 82 valence electrons. The predicted molar refractivity (Wildman–Crippen MR) is 70.6 cm³/mol. The van der Waals surface area contributed by atoms with Crippen molar-refractivity contribution in [3.63, 3.8) is 0 Å². The lowest BCUT2D eigenvalue weighted by Gasteiger charge is -2.18. The van der Waals surface area contributed by atoms with E-state index in [1.54, 1.807) is 0 Å². The number of hydrogen-bond acceptors (Lipinski definition) is 2. The van der Waals surface area contributed by atoms with Crippen LogP contribution in [0.5, 0.6) is 0 Å². The number of imidazole rings is 1. The molecule has 2 aromatic carbocycles. The maximum absolute atomic E-state index is 4.68. The highest BCUT2D eigenvalue weighted by molar-refractivity contribution is 7.98. The van der Waals surface area contributed by atoms with Crippen LogP contribution < -0.4 is 0 Å². The van der Waals surface area contributed by atoms with Gasteiger partial charge >= 0.3 is 0 Å². The average Bonchev–Trinajstić information content (AvgIpc) is 2.77. The molecule has 4 rings (SSSR count). The van der Waals surface area contributed by atoms with Crippen molar-refractivity contribution in [3.8, 4) is 5.69 Å². The minimum absolute atomic E-state index is 1.01. The lowest BCUT2D eigenvalue weighted by atomic mass is 10.2. The predicted octanol–water partition coefficient (Wildman–Crippen LogP) is 3.63. The van der Waals surface area contributed by atoms with E-state index in [1.165, 1.54) is 16.8 Å². The summed E-state index contributed by atoms with van der Waals surface area (Å²) in [6.45, 7) is 0. The first-order valence-electron chi connectivity index (χ1n) is 5.62. The minimum Gasteiger partial charge on any atom is -0.287 e. The van der Waals surface area contributed by atoms with Gasteiger partial charge in [-0.2, -0.15) is 0 Å². The van der Waals surface area contributed by atoms with E-state index in [-0.39, 0.29) is 0 Å². The van der Waals surface area contributed by atoms with Gasteiger partial charge in [0.2, 0.25) is 0 Å². The molecule has 0 N–H and O–H groups in total. The normalized spacial score (nSPS) is 13.4. The molecule has 0 aliphatic carbocycles. The van der Waals surface area contributed by atoms with Gasteiger partial charge in [-0.1, -0.05) is 42.1 Å². The van der Waals surface area contributed by atoms with E-state index in [9.17, 15) is 0 Å². The Morgan fingerprint density at radius 3 is 2.82 bits per heavy atom. The second kappa shape index (κ2) is 3.37. The third-order valence-electron chi connectivity index (χ3n) is 3.12. The molecule has 0 fully saturated rings. The smallest absolute Gasteiger partial charge is 0.174 e. The van der Waals surface area contributed by atoms with Gasteiger partial charge in [0.25, 0.3) is 0 Å². The van der Waals surface area contributed by atoms with E-state index >= 15 is 0 Å². The number of thioether (sulfide) groups is 1. The van der Waals surface area contributed by atoms with Crippen molar-refractivity contribution in [2.24, 2.45) is 0 Å². The number of para-hydroxylation sites is 3. The highest BCUT2D eigenvalue weighted by atomic mass is 32.2. The number of nitrogens with zero attached hydrogens (tertiary/aromatic N) is 2. The van der Waals surface area contributed by atoms with E-state index in [0.29, 0.717) is 0 Å². The van der Waals surface area contributed by atoms with Crippen molar-refractivity contribution < 1.29 is 0 Å². The molecular formula is C14H10N2S. The molecule has 0 atom stereocenters. The molecule has 1 aliphatic heterocycles. The molecule has 1 aliphatic rings. The zero-order chi connectivity index (χ0) is 11.2.